The van der Waals surface area contributed by atoms with Gasteiger partial charge in [-0.1, -0.05) is 37.9 Å². The van der Waals surface area contributed by atoms with Crippen LogP contribution in [0.4, 0.5) is 18.9 Å². The average Bonchev–Trinajstić information content (AvgIpc) is 2.33. The molecule has 1 unspecified atom stereocenters. The van der Waals surface area contributed by atoms with Gasteiger partial charge in [0.15, 0.2) is 0 Å². The molecule has 2 aromatic rings. The third-order valence-corrected chi connectivity index (χ3v) is 3.75. The Morgan fingerprint density at radius 3 is 2.00 bits per heavy atom. The highest BCUT2D eigenvalue weighted by Gasteiger charge is 2.16. The minimum atomic E-state index is -0.735. The second kappa shape index (κ2) is 6.18. The molecule has 0 aliphatic heterocycles. The fourth-order valence-electron chi connectivity index (χ4n) is 1.83. The van der Waals surface area contributed by atoms with Crippen LogP contribution in [0, 0.1) is 17.5 Å². The zero-order valence-electron chi connectivity index (χ0n) is 10.4. The number of benzene rings is 2. The summed E-state index contributed by atoms with van der Waals surface area (Å²) in [5, 5.41) is 2.66. The van der Waals surface area contributed by atoms with Crippen LogP contribution in [0.2, 0.25) is 0 Å². The Kier molecular flexibility index (Phi) is 4.75. The number of anilines is 1. The van der Waals surface area contributed by atoms with E-state index < -0.39 is 23.5 Å². The van der Waals surface area contributed by atoms with Crippen molar-refractivity contribution in [3.8, 4) is 0 Å². The summed E-state index contributed by atoms with van der Waals surface area (Å²) >= 11 is 6.16. The van der Waals surface area contributed by atoms with Crippen LogP contribution in [0.15, 0.2) is 39.3 Å². The van der Waals surface area contributed by atoms with E-state index in [0.717, 1.165) is 12.1 Å². The van der Waals surface area contributed by atoms with E-state index in [1.54, 1.807) is 19.1 Å². The first-order valence-corrected chi connectivity index (χ1v) is 7.33. The summed E-state index contributed by atoms with van der Waals surface area (Å²) in [7, 11) is 0. The van der Waals surface area contributed by atoms with Crippen molar-refractivity contribution in [1.82, 2.24) is 0 Å². The van der Waals surface area contributed by atoms with Crippen LogP contribution in [-0.2, 0) is 0 Å². The van der Waals surface area contributed by atoms with Gasteiger partial charge in [-0.15, -0.1) is 0 Å². The molecule has 1 atom stereocenters. The Bertz CT molecular complexity index is 623. The summed E-state index contributed by atoms with van der Waals surface area (Å²) < 4.78 is 42.2. The molecular weight excluding hydrogens is 399 g/mol. The smallest absolute Gasteiger partial charge is 0.150 e. The maximum Gasteiger partial charge on any atom is 0.150 e. The van der Waals surface area contributed by atoms with Gasteiger partial charge in [-0.3, -0.25) is 0 Å². The highest BCUT2D eigenvalue weighted by molar-refractivity contribution is 9.10. The van der Waals surface area contributed by atoms with Gasteiger partial charge >= 0.3 is 0 Å². The van der Waals surface area contributed by atoms with Crippen molar-refractivity contribution in [3.63, 3.8) is 0 Å². The minimum absolute atomic E-state index is 0.275. The average molecular weight is 409 g/mol. The van der Waals surface area contributed by atoms with E-state index in [1.165, 1.54) is 6.07 Å². The Hall–Kier alpha value is -1.01. The molecule has 20 heavy (non-hydrogen) atoms. The Balaban J connectivity index is 2.30. The van der Waals surface area contributed by atoms with E-state index in [9.17, 15) is 13.2 Å². The molecule has 6 heteroatoms. The Morgan fingerprint density at radius 2 is 1.45 bits per heavy atom. The van der Waals surface area contributed by atoms with Crippen LogP contribution in [-0.4, -0.2) is 0 Å². The highest BCUT2D eigenvalue weighted by Crippen LogP contribution is 2.29. The first-order valence-electron chi connectivity index (χ1n) is 5.74. The number of nitrogens with one attached hydrogen (secondary N) is 1. The maximum absolute atomic E-state index is 13.8. The van der Waals surface area contributed by atoms with Crippen LogP contribution < -0.4 is 5.32 Å². The molecule has 0 fully saturated rings. The number of hydrogen-bond acceptors (Lipinski definition) is 1. The quantitative estimate of drug-likeness (QED) is 0.676. The Labute approximate surface area is 131 Å². The summed E-state index contributed by atoms with van der Waals surface area (Å²) in [4.78, 5) is 0. The SMILES string of the molecule is CC(Nc1c(F)cc(Br)cc1F)c1ccc(Br)cc1F. The number of halogens is 5. The van der Waals surface area contributed by atoms with Crippen molar-refractivity contribution < 1.29 is 13.2 Å². The van der Waals surface area contributed by atoms with Crippen molar-refractivity contribution in [3.05, 3.63) is 62.3 Å². The van der Waals surface area contributed by atoms with Crippen LogP contribution in [0.25, 0.3) is 0 Å². The Morgan fingerprint density at radius 1 is 0.900 bits per heavy atom. The highest BCUT2D eigenvalue weighted by atomic mass is 79.9. The molecule has 0 aliphatic carbocycles. The second-order valence-electron chi connectivity index (χ2n) is 4.28. The standard InChI is InChI=1S/C14H10Br2F3N/c1-7(10-3-2-8(15)4-11(10)17)20-14-12(18)5-9(16)6-13(14)19/h2-7,20H,1H3. The third-order valence-electron chi connectivity index (χ3n) is 2.80. The van der Waals surface area contributed by atoms with E-state index in [1.807, 2.05) is 0 Å². The van der Waals surface area contributed by atoms with Gasteiger partial charge in [-0.2, -0.15) is 0 Å². The van der Waals surface area contributed by atoms with Gasteiger partial charge in [0.2, 0.25) is 0 Å². The van der Waals surface area contributed by atoms with Crippen LogP contribution in [0.1, 0.15) is 18.5 Å². The van der Waals surface area contributed by atoms with E-state index >= 15 is 0 Å². The van der Waals surface area contributed by atoms with Crippen molar-refractivity contribution in [2.24, 2.45) is 0 Å². The lowest BCUT2D eigenvalue weighted by molar-refractivity contribution is 0.575. The zero-order valence-corrected chi connectivity index (χ0v) is 13.5. The van der Waals surface area contributed by atoms with Gasteiger partial charge in [0.05, 0.1) is 6.04 Å². The fraction of sp³-hybridized carbons (Fsp3) is 0.143. The molecule has 106 valence electrons. The van der Waals surface area contributed by atoms with Gasteiger partial charge in [0.25, 0.3) is 0 Å². The summed E-state index contributed by atoms with van der Waals surface area (Å²) in [6.07, 6.45) is 0. The lowest BCUT2D eigenvalue weighted by atomic mass is 10.1. The molecular formula is C14H10Br2F3N. The fourth-order valence-corrected chi connectivity index (χ4v) is 2.56. The molecule has 1 nitrogen and oxygen atoms in total. The lowest BCUT2D eigenvalue weighted by Crippen LogP contribution is -2.11. The second-order valence-corrected chi connectivity index (χ2v) is 6.11. The number of rotatable bonds is 3. The van der Waals surface area contributed by atoms with E-state index in [4.69, 9.17) is 0 Å². The van der Waals surface area contributed by atoms with Gasteiger partial charge in [0, 0.05) is 14.5 Å². The van der Waals surface area contributed by atoms with Gasteiger partial charge in [0.1, 0.15) is 23.1 Å². The van der Waals surface area contributed by atoms with Crippen LogP contribution >= 0.6 is 31.9 Å². The zero-order chi connectivity index (χ0) is 14.9. The van der Waals surface area contributed by atoms with E-state index in [0.29, 0.717) is 14.5 Å². The third kappa shape index (κ3) is 3.35. The molecule has 0 radical (unpaired) electrons. The lowest BCUT2D eigenvalue weighted by Gasteiger charge is -2.17. The summed E-state index contributed by atoms with van der Waals surface area (Å²) in [6, 6.07) is 6.26. The van der Waals surface area contributed by atoms with Crippen molar-refractivity contribution in [2.45, 2.75) is 13.0 Å². The molecule has 0 spiro atoms. The summed E-state index contributed by atoms with van der Waals surface area (Å²) in [5.41, 5.74) is 0.0536. The van der Waals surface area contributed by atoms with Crippen molar-refractivity contribution in [1.29, 1.82) is 0 Å². The van der Waals surface area contributed by atoms with Gasteiger partial charge < -0.3 is 5.32 Å². The maximum atomic E-state index is 13.8. The first kappa shape index (κ1) is 15.4. The predicted octanol–water partition coefficient (Wildman–Crippen LogP) is 5.80. The first-order chi connectivity index (χ1) is 9.38. The van der Waals surface area contributed by atoms with Crippen LogP contribution in [0.3, 0.4) is 0 Å². The molecule has 1 N–H and O–H groups in total. The molecule has 0 saturated heterocycles. The predicted molar refractivity (Wildman–Crippen MR) is 80.2 cm³/mol. The van der Waals surface area contributed by atoms with E-state index in [2.05, 4.69) is 37.2 Å². The van der Waals surface area contributed by atoms with Crippen molar-refractivity contribution in [2.75, 3.05) is 5.32 Å². The molecule has 0 amide bonds. The number of hydrogen-bond donors (Lipinski definition) is 1. The van der Waals surface area contributed by atoms with Crippen molar-refractivity contribution >= 4 is 37.5 Å². The van der Waals surface area contributed by atoms with E-state index in [-0.39, 0.29) is 5.69 Å². The molecule has 0 bridgehead atoms. The molecule has 0 saturated carbocycles. The monoisotopic (exact) mass is 407 g/mol. The minimum Gasteiger partial charge on any atom is -0.374 e. The molecule has 0 aromatic heterocycles. The normalized spacial score (nSPS) is 12.3. The summed E-state index contributed by atoms with van der Waals surface area (Å²) in [5.74, 6) is -1.92. The molecule has 2 rings (SSSR count). The summed E-state index contributed by atoms with van der Waals surface area (Å²) in [6.45, 7) is 1.63. The molecule has 0 aliphatic rings. The van der Waals surface area contributed by atoms with Gasteiger partial charge in [-0.25, -0.2) is 13.2 Å². The molecule has 0 heterocycles. The van der Waals surface area contributed by atoms with Crippen LogP contribution in [0.5, 0.6) is 0 Å². The largest absolute Gasteiger partial charge is 0.374 e. The van der Waals surface area contributed by atoms with Gasteiger partial charge in [-0.05, 0) is 31.2 Å². The topological polar surface area (TPSA) is 12.0 Å². The molecule has 2 aromatic carbocycles.